The van der Waals surface area contributed by atoms with Gasteiger partial charge in [-0.05, 0) is 27.7 Å². The van der Waals surface area contributed by atoms with Crippen LogP contribution in [0.1, 0.15) is 32.2 Å². The molecule has 0 aliphatic carbocycles. The number of aliphatic hydroxyl groups is 1. The van der Waals surface area contributed by atoms with E-state index in [2.05, 4.69) is 5.10 Å². The van der Waals surface area contributed by atoms with Gasteiger partial charge in [-0.2, -0.15) is 9.40 Å². The largest absolute Gasteiger partial charge is 0.389 e. The van der Waals surface area contributed by atoms with Gasteiger partial charge in [0, 0.05) is 20.1 Å². The summed E-state index contributed by atoms with van der Waals surface area (Å²) in [5.41, 5.74) is 0.00787. The number of sulfonamides is 1. The van der Waals surface area contributed by atoms with Crippen molar-refractivity contribution in [1.82, 2.24) is 14.1 Å². The number of likely N-dealkylation sites (N-methyl/N-ethyl adjacent to an activating group) is 1. The minimum atomic E-state index is -3.63. The second-order valence-electron chi connectivity index (χ2n) is 5.37. The number of aryl methyl sites for hydroxylation is 2. The highest BCUT2D eigenvalue weighted by Gasteiger charge is 2.32. The van der Waals surface area contributed by atoms with E-state index in [1.165, 1.54) is 4.31 Å². The highest BCUT2D eigenvalue weighted by molar-refractivity contribution is 7.89. The average Bonchev–Trinajstić information content (AvgIpc) is 2.48. The maximum absolute atomic E-state index is 12.7. The van der Waals surface area contributed by atoms with E-state index in [9.17, 15) is 13.5 Å². The van der Waals surface area contributed by atoms with Gasteiger partial charge in [0.25, 0.3) is 0 Å². The van der Waals surface area contributed by atoms with Gasteiger partial charge in [0.15, 0.2) is 0 Å². The van der Waals surface area contributed by atoms with Gasteiger partial charge in [-0.25, -0.2) is 8.42 Å². The SMILES string of the molecule is CCN(CC(C)(C)O)S(=O)(=O)c1c(C)nn(C)c1C. The van der Waals surface area contributed by atoms with Crippen molar-refractivity contribution in [2.45, 2.75) is 45.1 Å². The molecule has 0 aliphatic heterocycles. The van der Waals surface area contributed by atoms with Crippen LogP contribution in [-0.2, 0) is 17.1 Å². The summed E-state index contributed by atoms with van der Waals surface area (Å²) in [6.07, 6.45) is 0. The van der Waals surface area contributed by atoms with E-state index >= 15 is 0 Å². The normalized spacial score (nSPS) is 13.3. The molecule has 0 fully saturated rings. The minimum absolute atomic E-state index is 0.0552. The third-order valence-electron chi connectivity index (χ3n) is 2.96. The van der Waals surface area contributed by atoms with Crippen LogP contribution in [0.25, 0.3) is 0 Å². The Labute approximate surface area is 115 Å². The number of hydrogen-bond donors (Lipinski definition) is 1. The van der Waals surface area contributed by atoms with E-state index < -0.39 is 15.6 Å². The van der Waals surface area contributed by atoms with Crippen molar-refractivity contribution in [3.63, 3.8) is 0 Å². The molecule has 1 rings (SSSR count). The van der Waals surface area contributed by atoms with Crippen LogP contribution in [0.15, 0.2) is 4.90 Å². The summed E-state index contributed by atoms with van der Waals surface area (Å²) in [7, 11) is -1.92. The molecule has 1 heterocycles. The molecule has 1 aromatic heterocycles. The smallest absolute Gasteiger partial charge is 0.246 e. The molecule has 0 radical (unpaired) electrons. The Morgan fingerprint density at radius 3 is 2.21 bits per heavy atom. The third-order valence-corrected chi connectivity index (χ3v) is 5.13. The molecule has 0 spiro atoms. The Morgan fingerprint density at radius 1 is 1.37 bits per heavy atom. The van der Waals surface area contributed by atoms with E-state index in [0.717, 1.165) is 0 Å². The fraction of sp³-hybridized carbons (Fsp3) is 0.750. The van der Waals surface area contributed by atoms with Crippen molar-refractivity contribution in [2.24, 2.45) is 7.05 Å². The second kappa shape index (κ2) is 5.22. The summed E-state index contributed by atoms with van der Waals surface area (Å²) >= 11 is 0. The summed E-state index contributed by atoms with van der Waals surface area (Å²) < 4.78 is 28.2. The summed E-state index contributed by atoms with van der Waals surface area (Å²) in [5, 5.41) is 14.0. The first-order valence-electron chi connectivity index (χ1n) is 6.23. The van der Waals surface area contributed by atoms with Gasteiger partial charge < -0.3 is 5.11 Å². The van der Waals surface area contributed by atoms with E-state index in [1.54, 1.807) is 46.3 Å². The molecular formula is C12H23N3O3S. The van der Waals surface area contributed by atoms with Gasteiger partial charge in [0.1, 0.15) is 4.90 Å². The van der Waals surface area contributed by atoms with Gasteiger partial charge >= 0.3 is 0 Å². The van der Waals surface area contributed by atoms with Crippen molar-refractivity contribution in [2.75, 3.05) is 13.1 Å². The van der Waals surface area contributed by atoms with Crippen LogP contribution in [0.4, 0.5) is 0 Å². The highest BCUT2D eigenvalue weighted by atomic mass is 32.2. The molecule has 0 saturated carbocycles. The third kappa shape index (κ3) is 3.34. The molecule has 7 heteroatoms. The maximum atomic E-state index is 12.7. The fourth-order valence-corrected chi connectivity index (χ4v) is 4.06. The molecule has 6 nitrogen and oxygen atoms in total. The predicted molar refractivity (Wildman–Crippen MR) is 73.4 cm³/mol. The van der Waals surface area contributed by atoms with Crippen molar-refractivity contribution in [1.29, 1.82) is 0 Å². The Kier molecular flexibility index (Phi) is 4.44. The first kappa shape index (κ1) is 16.1. The topological polar surface area (TPSA) is 75.4 Å². The molecule has 0 atom stereocenters. The van der Waals surface area contributed by atoms with Gasteiger partial charge in [-0.1, -0.05) is 6.92 Å². The van der Waals surface area contributed by atoms with Crippen LogP contribution in [0, 0.1) is 13.8 Å². The van der Waals surface area contributed by atoms with Crippen molar-refractivity contribution in [3.8, 4) is 0 Å². The van der Waals surface area contributed by atoms with E-state index in [-0.39, 0.29) is 11.4 Å². The minimum Gasteiger partial charge on any atom is -0.389 e. The lowest BCUT2D eigenvalue weighted by atomic mass is 10.1. The van der Waals surface area contributed by atoms with Gasteiger partial charge in [0.2, 0.25) is 10.0 Å². The molecule has 110 valence electrons. The van der Waals surface area contributed by atoms with Gasteiger partial charge in [0.05, 0.1) is 17.0 Å². The van der Waals surface area contributed by atoms with E-state index in [4.69, 9.17) is 0 Å². The second-order valence-corrected chi connectivity index (χ2v) is 7.24. The number of rotatable bonds is 5. The zero-order chi connectivity index (χ0) is 15.0. The van der Waals surface area contributed by atoms with Crippen LogP contribution in [0.5, 0.6) is 0 Å². The highest BCUT2D eigenvalue weighted by Crippen LogP contribution is 2.24. The molecule has 19 heavy (non-hydrogen) atoms. The molecule has 1 aromatic rings. The van der Waals surface area contributed by atoms with Crippen LogP contribution in [0.2, 0.25) is 0 Å². The maximum Gasteiger partial charge on any atom is 0.246 e. The number of aromatic nitrogens is 2. The van der Waals surface area contributed by atoms with Crippen LogP contribution in [0.3, 0.4) is 0 Å². The molecule has 0 amide bonds. The fourth-order valence-electron chi connectivity index (χ4n) is 2.05. The van der Waals surface area contributed by atoms with Crippen LogP contribution < -0.4 is 0 Å². The Balaban J connectivity index is 3.29. The van der Waals surface area contributed by atoms with Gasteiger partial charge in [-0.3, -0.25) is 4.68 Å². The number of nitrogens with zero attached hydrogens (tertiary/aromatic N) is 3. The quantitative estimate of drug-likeness (QED) is 0.870. The van der Waals surface area contributed by atoms with E-state index in [1.807, 2.05) is 0 Å². The number of hydrogen-bond acceptors (Lipinski definition) is 4. The first-order chi connectivity index (χ1) is 8.50. The first-order valence-corrected chi connectivity index (χ1v) is 7.67. The summed E-state index contributed by atoms with van der Waals surface area (Å²) in [4.78, 5) is 0.237. The van der Waals surface area contributed by atoms with E-state index in [0.29, 0.717) is 17.9 Å². The van der Waals surface area contributed by atoms with Gasteiger partial charge in [-0.15, -0.1) is 0 Å². The monoisotopic (exact) mass is 289 g/mol. The van der Waals surface area contributed by atoms with Crippen LogP contribution >= 0.6 is 0 Å². The lowest BCUT2D eigenvalue weighted by Crippen LogP contribution is -2.42. The summed E-state index contributed by atoms with van der Waals surface area (Å²) in [6.45, 7) is 8.70. The van der Waals surface area contributed by atoms with Crippen LogP contribution in [-0.4, -0.2) is 46.3 Å². The molecule has 0 saturated heterocycles. The van der Waals surface area contributed by atoms with Crippen molar-refractivity contribution >= 4 is 10.0 Å². The lowest BCUT2D eigenvalue weighted by Gasteiger charge is -2.27. The van der Waals surface area contributed by atoms with Crippen molar-refractivity contribution in [3.05, 3.63) is 11.4 Å². The lowest BCUT2D eigenvalue weighted by molar-refractivity contribution is 0.0601. The molecule has 0 aromatic carbocycles. The Bertz CT molecular complexity index is 556. The predicted octanol–water partition coefficient (Wildman–Crippen LogP) is 0.818. The molecule has 0 bridgehead atoms. The zero-order valence-corrected chi connectivity index (χ0v) is 13.2. The molecule has 0 aliphatic rings. The summed E-state index contributed by atoms with van der Waals surface area (Å²) in [5.74, 6) is 0. The standard InChI is InChI=1S/C12H23N3O3S/c1-7-15(8-12(4,5)16)19(17,18)11-9(2)13-14(6)10(11)3/h16H,7-8H2,1-6H3. The molecule has 0 unspecified atom stereocenters. The molecule has 1 N–H and O–H groups in total. The zero-order valence-electron chi connectivity index (χ0n) is 12.4. The van der Waals surface area contributed by atoms with Crippen molar-refractivity contribution < 1.29 is 13.5 Å². The average molecular weight is 289 g/mol. The Morgan fingerprint density at radius 2 is 1.89 bits per heavy atom. The molecular weight excluding hydrogens is 266 g/mol. The summed E-state index contributed by atoms with van der Waals surface area (Å²) in [6, 6.07) is 0. The Hall–Kier alpha value is -0.920.